The van der Waals surface area contributed by atoms with Crippen LogP contribution < -0.4 is 4.72 Å². The maximum absolute atomic E-state index is 11.8. The SMILES string of the molecule is O=S(=O)(CCCCCl)Nc1cccc(CCCO)c1. The highest BCUT2D eigenvalue weighted by molar-refractivity contribution is 7.92. The van der Waals surface area contributed by atoms with Gasteiger partial charge < -0.3 is 5.11 Å². The number of aliphatic hydroxyl groups excluding tert-OH is 1. The Morgan fingerprint density at radius 2 is 2.00 bits per heavy atom. The van der Waals surface area contributed by atoms with Crippen LogP contribution >= 0.6 is 11.6 Å². The zero-order valence-corrected chi connectivity index (χ0v) is 12.4. The van der Waals surface area contributed by atoms with Crippen LogP contribution in [-0.2, 0) is 16.4 Å². The Bertz CT molecular complexity index is 477. The minimum Gasteiger partial charge on any atom is -0.396 e. The molecule has 19 heavy (non-hydrogen) atoms. The second kappa shape index (κ2) is 8.40. The lowest BCUT2D eigenvalue weighted by atomic mass is 10.1. The van der Waals surface area contributed by atoms with Crippen LogP contribution in [0.15, 0.2) is 24.3 Å². The van der Waals surface area contributed by atoms with Crippen LogP contribution in [0.1, 0.15) is 24.8 Å². The maximum atomic E-state index is 11.8. The first-order valence-corrected chi connectivity index (χ1v) is 8.52. The predicted molar refractivity (Wildman–Crippen MR) is 79.2 cm³/mol. The number of rotatable bonds is 9. The Kier molecular flexibility index (Phi) is 7.20. The largest absolute Gasteiger partial charge is 0.396 e. The normalized spacial score (nSPS) is 11.5. The van der Waals surface area contributed by atoms with Gasteiger partial charge >= 0.3 is 0 Å². The molecule has 1 aromatic carbocycles. The number of aliphatic hydroxyl groups is 1. The van der Waals surface area contributed by atoms with Crippen LogP contribution in [0.2, 0.25) is 0 Å². The first kappa shape index (κ1) is 16.3. The third-order valence-electron chi connectivity index (χ3n) is 2.62. The smallest absolute Gasteiger partial charge is 0.232 e. The Hall–Kier alpha value is -0.780. The van der Waals surface area contributed by atoms with Crippen molar-refractivity contribution in [3.8, 4) is 0 Å². The van der Waals surface area contributed by atoms with Gasteiger partial charge in [0.05, 0.1) is 5.75 Å². The molecular weight excluding hydrogens is 286 g/mol. The Morgan fingerprint density at radius 3 is 2.68 bits per heavy atom. The lowest BCUT2D eigenvalue weighted by Crippen LogP contribution is -2.16. The number of hydrogen-bond donors (Lipinski definition) is 2. The number of unbranched alkanes of at least 4 members (excludes halogenated alkanes) is 1. The Balaban J connectivity index is 2.60. The number of sulfonamides is 1. The number of aryl methyl sites for hydroxylation is 1. The van der Waals surface area contributed by atoms with Gasteiger partial charge in [0.2, 0.25) is 10.0 Å². The van der Waals surface area contributed by atoms with Gasteiger partial charge in [-0.1, -0.05) is 12.1 Å². The van der Waals surface area contributed by atoms with Gasteiger partial charge in [-0.05, 0) is 43.4 Å². The second-order valence-electron chi connectivity index (χ2n) is 4.34. The summed E-state index contributed by atoms with van der Waals surface area (Å²) in [7, 11) is -3.30. The minimum atomic E-state index is -3.30. The Labute approximate surface area is 119 Å². The maximum Gasteiger partial charge on any atom is 0.232 e. The van der Waals surface area contributed by atoms with Crippen LogP contribution in [0.5, 0.6) is 0 Å². The van der Waals surface area contributed by atoms with E-state index in [1.54, 1.807) is 12.1 Å². The highest BCUT2D eigenvalue weighted by atomic mass is 35.5. The van der Waals surface area contributed by atoms with E-state index in [0.717, 1.165) is 12.0 Å². The molecule has 0 aliphatic carbocycles. The van der Waals surface area contributed by atoms with Gasteiger partial charge in [-0.3, -0.25) is 4.72 Å². The standard InChI is InChI=1S/C13H20ClNO3S/c14-8-1-2-10-19(17,18)15-13-7-3-5-12(11-13)6-4-9-16/h3,5,7,11,15-16H,1-2,4,6,8-10H2. The highest BCUT2D eigenvalue weighted by Crippen LogP contribution is 2.14. The molecule has 0 fully saturated rings. The molecule has 2 N–H and O–H groups in total. The quantitative estimate of drug-likeness (QED) is 0.544. The van der Waals surface area contributed by atoms with Crippen molar-refractivity contribution in [2.24, 2.45) is 0 Å². The molecule has 6 heteroatoms. The van der Waals surface area contributed by atoms with Gasteiger partial charge in [-0.25, -0.2) is 8.42 Å². The van der Waals surface area contributed by atoms with Gasteiger partial charge in [0.1, 0.15) is 0 Å². The molecule has 0 bridgehead atoms. The lowest BCUT2D eigenvalue weighted by Gasteiger charge is -2.09. The van der Waals surface area contributed by atoms with Crippen molar-refractivity contribution in [3.63, 3.8) is 0 Å². The first-order chi connectivity index (χ1) is 9.07. The number of hydrogen-bond acceptors (Lipinski definition) is 3. The second-order valence-corrected chi connectivity index (χ2v) is 6.56. The van der Waals surface area contributed by atoms with Crippen LogP contribution in [-0.4, -0.2) is 31.8 Å². The van der Waals surface area contributed by atoms with Gasteiger partial charge in [-0.2, -0.15) is 0 Å². The lowest BCUT2D eigenvalue weighted by molar-refractivity contribution is 0.288. The molecule has 0 radical (unpaired) electrons. The van der Waals surface area contributed by atoms with E-state index in [1.807, 2.05) is 12.1 Å². The molecule has 108 valence electrons. The molecule has 0 aliphatic heterocycles. The van der Waals surface area contributed by atoms with Crippen molar-refractivity contribution in [3.05, 3.63) is 29.8 Å². The average molecular weight is 306 g/mol. The molecule has 0 aromatic heterocycles. The van der Waals surface area contributed by atoms with Crippen molar-refractivity contribution in [2.45, 2.75) is 25.7 Å². The van der Waals surface area contributed by atoms with E-state index in [4.69, 9.17) is 16.7 Å². The number of alkyl halides is 1. The summed E-state index contributed by atoms with van der Waals surface area (Å²) in [6.07, 6.45) is 2.66. The summed E-state index contributed by atoms with van der Waals surface area (Å²) in [6, 6.07) is 7.25. The predicted octanol–water partition coefficient (Wildman–Crippen LogP) is 2.37. The fraction of sp³-hybridized carbons (Fsp3) is 0.538. The van der Waals surface area contributed by atoms with Gasteiger partial charge in [0.15, 0.2) is 0 Å². The van der Waals surface area contributed by atoms with E-state index < -0.39 is 10.0 Å². The van der Waals surface area contributed by atoms with Crippen molar-refractivity contribution in [1.82, 2.24) is 0 Å². The molecule has 1 aromatic rings. The third-order valence-corrected chi connectivity index (χ3v) is 4.26. The summed E-state index contributed by atoms with van der Waals surface area (Å²) < 4.78 is 26.2. The summed E-state index contributed by atoms with van der Waals surface area (Å²) in [5, 5.41) is 8.78. The molecule has 0 saturated heterocycles. The van der Waals surface area contributed by atoms with Crippen LogP contribution in [0, 0.1) is 0 Å². The molecule has 1 rings (SSSR count). The van der Waals surface area contributed by atoms with Crippen molar-refractivity contribution in [2.75, 3.05) is 23.0 Å². The molecular formula is C13H20ClNO3S. The van der Waals surface area contributed by atoms with Gasteiger partial charge in [-0.15, -0.1) is 11.6 Å². The first-order valence-electron chi connectivity index (χ1n) is 6.33. The molecule has 4 nitrogen and oxygen atoms in total. The molecule has 0 unspecified atom stereocenters. The highest BCUT2D eigenvalue weighted by Gasteiger charge is 2.10. The zero-order valence-electron chi connectivity index (χ0n) is 10.8. The molecule has 0 saturated carbocycles. The van der Waals surface area contributed by atoms with Crippen molar-refractivity contribution < 1.29 is 13.5 Å². The van der Waals surface area contributed by atoms with E-state index in [1.165, 1.54) is 0 Å². The monoisotopic (exact) mass is 305 g/mol. The molecule has 0 heterocycles. The third kappa shape index (κ3) is 6.80. The number of halogens is 1. The minimum absolute atomic E-state index is 0.0839. The van der Waals surface area contributed by atoms with Crippen LogP contribution in [0.3, 0.4) is 0 Å². The topological polar surface area (TPSA) is 66.4 Å². The summed E-state index contributed by atoms with van der Waals surface area (Å²) in [4.78, 5) is 0. The van der Waals surface area contributed by atoms with Crippen molar-refractivity contribution >= 4 is 27.3 Å². The average Bonchev–Trinajstić information content (AvgIpc) is 2.36. The van der Waals surface area contributed by atoms with E-state index in [9.17, 15) is 8.42 Å². The van der Waals surface area contributed by atoms with Crippen LogP contribution in [0.4, 0.5) is 5.69 Å². The van der Waals surface area contributed by atoms with E-state index >= 15 is 0 Å². The number of nitrogens with one attached hydrogen (secondary N) is 1. The Morgan fingerprint density at radius 1 is 1.21 bits per heavy atom. The van der Waals surface area contributed by atoms with E-state index in [2.05, 4.69) is 4.72 Å². The van der Waals surface area contributed by atoms with E-state index in [0.29, 0.717) is 30.8 Å². The summed E-state index contributed by atoms with van der Waals surface area (Å²) >= 11 is 5.52. The molecule has 0 aliphatic rings. The zero-order chi connectivity index (χ0) is 14.1. The summed E-state index contributed by atoms with van der Waals surface area (Å²) in [5.74, 6) is 0.562. The fourth-order valence-corrected chi connectivity index (χ4v) is 3.05. The summed E-state index contributed by atoms with van der Waals surface area (Å²) in [5.41, 5.74) is 1.58. The van der Waals surface area contributed by atoms with E-state index in [-0.39, 0.29) is 12.4 Å². The molecule has 0 spiro atoms. The summed E-state index contributed by atoms with van der Waals surface area (Å²) in [6.45, 7) is 0.133. The van der Waals surface area contributed by atoms with Crippen molar-refractivity contribution in [1.29, 1.82) is 0 Å². The fourth-order valence-electron chi connectivity index (χ4n) is 1.69. The van der Waals surface area contributed by atoms with Gasteiger partial charge in [0, 0.05) is 18.2 Å². The number of anilines is 1. The number of benzene rings is 1. The van der Waals surface area contributed by atoms with Crippen LogP contribution in [0.25, 0.3) is 0 Å². The molecule has 0 amide bonds. The molecule has 0 atom stereocenters. The van der Waals surface area contributed by atoms with Gasteiger partial charge in [0.25, 0.3) is 0 Å².